The zero-order chi connectivity index (χ0) is 28.8. The molecule has 0 radical (unpaired) electrons. The van der Waals surface area contributed by atoms with Gasteiger partial charge < -0.3 is 4.42 Å². The summed E-state index contributed by atoms with van der Waals surface area (Å²) in [5, 5.41) is 10.3. The summed E-state index contributed by atoms with van der Waals surface area (Å²) in [6, 6.07) is 48.7. The van der Waals surface area contributed by atoms with Crippen molar-refractivity contribution in [2.45, 2.75) is 0 Å². The molecule has 0 unspecified atom stereocenters. The van der Waals surface area contributed by atoms with Crippen LogP contribution in [0.1, 0.15) is 0 Å². The van der Waals surface area contributed by atoms with Crippen LogP contribution in [0.2, 0.25) is 0 Å². The van der Waals surface area contributed by atoms with Crippen LogP contribution >= 0.6 is 0 Å². The Morgan fingerprint density at radius 1 is 0.477 bits per heavy atom. The van der Waals surface area contributed by atoms with Gasteiger partial charge in [0.25, 0.3) is 0 Å². The summed E-state index contributed by atoms with van der Waals surface area (Å²) >= 11 is 0. The maximum absolute atomic E-state index is 6.80. The predicted molar refractivity (Wildman–Crippen MR) is 182 cm³/mol. The van der Waals surface area contributed by atoms with Crippen LogP contribution in [-0.4, -0.2) is 14.5 Å². The standard InChI is InChI=1S/C40H23N3O/c1-2-13-25(14-3-1)37-29-18-8-10-20-31(29)41-40(42-37)43-32-23-22-24-12-4-5-15-26(24)35(32)36-28-17-7-6-16-27(28)34-30-19-9-11-21-33(30)44-39(34)38(36)43/h1-23H. The average molecular weight is 562 g/mol. The summed E-state index contributed by atoms with van der Waals surface area (Å²) in [6.07, 6.45) is 0. The summed E-state index contributed by atoms with van der Waals surface area (Å²) in [5.41, 5.74) is 6.60. The summed E-state index contributed by atoms with van der Waals surface area (Å²) in [5.74, 6) is 0.620. The minimum absolute atomic E-state index is 0.620. The Bertz CT molecular complexity index is 2770. The molecule has 204 valence electrons. The van der Waals surface area contributed by atoms with Gasteiger partial charge in [-0.1, -0.05) is 121 Å². The molecule has 0 amide bonds. The maximum atomic E-state index is 6.80. The van der Waals surface area contributed by atoms with Crippen LogP contribution in [0.3, 0.4) is 0 Å². The zero-order valence-corrected chi connectivity index (χ0v) is 23.5. The second-order valence-corrected chi connectivity index (χ2v) is 11.3. The first-order valence-electron chi connectivity index (χ1n) is 14.9. The van der Waals surface area contributed by atoms with Crippen molar-refractivity contribution >= 4 is 76.2 Å². The normalized spacial score (nSPS) is 12.1. The van der Waals surface area contributed by atoms with Gasteiger partial charge >= 0.3 is 0 Å². The molecule has 0 spiro atoms. The molecule has 0 saturated heterocycles. The highest BCUT2D eigenvalue weighted by atomic mass is 16.3. The summed E-state index contributed by atoms with van der Waals surface area (Å²) in [6.45, 7) is 0. The minimum Gasteiger partial charge on any atom is -0.454 e. The third-order valence-corrected chi connectivity index (χ3v) is 8.97. The highest BCUT2D eigenvalue weighted by Crippen LogP contribution is 2.47. The molecule has 7 aromatic carbocycles. The van der Waals surface area contributed by atoms with Gasteiger partial charge in [-0.15, -0.1) is 0 Å². The van der Waals surface area contributed by atoms with Gasteiger partial charge in [-0.25, -0.2) is 9.97 Å². The van der Waals surface area contributed by atoms with Crippen LogP contribution in [0.5, 0.6) is 0 Å². The van der Waals surface area contributed by atoms with Gasteiger partial charge in [0.2, 0.25) is 5.95 Å². The van der Waals surface area contributed by atoms with E-state index in [2.05, 4.69) is 126 Å². The third-order valence-electron chi connectivity index (χ3n) is 8.97. The molecule has 10 aromatic rings. The van der Waals surface area contributed by atoms with E-state index < -0.39 is 0 Å². The number of hydrogen-bond acceptors (Lipinski definition) is 3. The van der Waals surface area contributed by atoms with Gasteiger partial charge in [-0.3, -0.25) is 4.57 Å². The first-order chi connectivity index (χ1) is 21.8. The number of hydrogen-bond donors (Lipinski definition) is 0. The topological polar surface area (TPSA) is 43.9 Å². The number of rotatable bonds is 2. The largest absolute Gasteiger partial charge is 0.454 e. The third kappa shape index (κ3) is 3.11. The van der Waals surface area contributed by atoms with E-state index in [4.69, 9.17) is 14.4 Å². The Morgan fingerprint density at radius 3 is 1.98 bits per heavy atom. The van der Waals surface area contributed by atoms with Crippen LogP contribution in [0.15, 0.2) is 144 Å². The van der Waals surface area contributed by atoms with Crippen LogP contribution in [0, 0.1) is 0 Å². The van der Waals surface area contributed by atoms with Crippen LogP contribution in [0.25, 0.3) is 93.4 Å². The fourth-order valence-corrected chi connectivity index (χ4v) is 7.12. The van der Waals surface area contributed by atoms with E-state index in [0.717, 1.165) is 60.5 Å². The summed E-state index contributed by atoms with van der Waals surface area (Å²) in [4.78, 5) is 10.6. The van der Waals surface area contributed by atoms with E-state index >= 15 is 0 Å². The lowest BCUT2D eigenvalue weighted by Gasteiger charge is -2.12. The molecule has 0 N–H and O–H groups in total. The molecule has 44 heavy (non-hydrogen) atoms. The quantitative estimate of drug-likeness (QED) is 0.211. The highest BCUT2D eigenvalue weighted by Gasteiger charge is 2.25. The smallest absolute Gasteiger partial charge is 0.235 e. The van der Waals surface area contributed by atoms with E-state index in [9.17, 15) is 0 Å². The van der Waals surface area contributed by atoms with Crippen LogP contribution in [0.4, 0.5) is 0 Å². The molecule has 0 fully saturated rings. The molecule has 0 saturated carbocycles. The van der Waals surface area contributed by atoms with Gasteiger partial charge in [0.05, 0.1) is 16.7 Å². The molecular formula is C40H23N3O. The molecule has 0 aliphatic heterocycles. The lowest BCUT2D eigenvalue weighted by molar-refractivity contribution is 0.671. The van der Waals surface area contributed by atoms with Crippen molar-refractivity contribution in [2.24, 2.45) is 0 Å². The number of furan rings is 1. The van der Waals surface area contributed by atoms with E-state index in [-0.39, 0.29) is 0 Å². The molecule has 0 aliphatic carbocycles. The Labute approximate surface area is 251 Å². The number of benzene rings is 7. The minimum atomic E-state index is 0.620. The lowest BCUT2D eigenvalue weighted by Crippen LogP contribution is -2.03. The van der Waals surface area contributed by atoms with Crippen molar-refractivity contribution in [3.8, 4) is 17.2 Å². The Balaban J connectivity index is 1.50. The Kier molecular flexibility index (Phi) is 4.69. The monoisotopic (exact) mass is 561 g/mol. The Hall–Kier alpha value is -6.00. The van der Waals surface area contributed by atoms with Crippen molar-refractivity contribution in [1.82, 2.24) is 14.5 Å². The maximum Gasteiger partial charge on any atom is 0.235 e. The Morgan fingerprint density at radius 2 is 1.14 bits per heavy atom. The number of fused-ring (bicyclic) bond motifs is 13. The van der Waals surface area contributed by atoms with Gasteiger partial charge in [0, 0.05) is 32.5 Å². The summed E-state index contributed by atoms with van der Waals surface area (Å²) in [7, 11) is 0. The number of aromatic nitrogens is 3. The lowest BCUT2D eigenvalue weighted by atomic mass is 9.97. The molecule has 0 aliphatic rings. The van der Waals surface area contributed by atoms with E-state index in [1.54, 1.807) is 0 Å². The van der Waals surface area contributed by atoms with Crippen molar-refractivity contribution in [3.05, 3.63) is 140 Å². The van der Waals surface area contributed by atoms with Gasteiger partial charge in [-0.2, -0.15) is 0 Å². The fourth-order valence-electron chi connectivity index (χ4n) is 7.12. The van der Waals surface area contributed by atoms with Crippen molar-refractivity contribution in [1.29, 1.82) is 0 Å². The highest BCUT2D eigenvalue weighted by molar-refractivity contribution is 6.37. The predicted octanol–water partition coefficient (Wildman–Crippen LogP) is 10.6. The van der Waals surface area contributed by atoms with E-state index in [0.29, 0.717) is 5.95 Å². The first kappa shape index (κ1) is 23.6. The van der Waals surface area contributed by atoms with E-state index in [1.165, 1.54) is 26.9 Å². The second-order valence-electron chi connectivity index (χ2n) is 11.3. The molecule has 4 heteroatoms. The van der Waals surface area contributed by atoms with Crippen molar-refractivity contribution in [2.75, 3.05) is 0 Å². The van der Waals surface area contributed by atoms with Gasteiger partial charge in [0.1, 0.15) is 11.1 Å². The van der Waals surface area contributed by atoms with Crippen LogP contribution < -0.4 is 0 Å². The number of para-hydroxylation sites is 2. The van der Waals surface area contributed by atoms with Crippen LogP contribution in [-0.2, 0) is 0 Å². The molecular weight excluding hydrogens is 538 g/mol. The molecule has 0 atom stereocenters. The summed E-state index contributed by atoms with van der Waals surface area (Å²) < 4.78 is 9.03. The SMILES string of the molecule is c1ccc(-c2nc(-n3c4ccc5ccccc5c4c4c5ccccc5c5c6ccccc6oc5c43)nc3ccccc23)cc1. The molecule has 3 aromatic heterocycles. The molecule has 4 nitrogen and oxygen atoms in total. The van der Waals surface area contributed by atoms with Gasteiger partial charge in [-0.05, 0) is 39.7 Å². The van der Waals surface area contributed by atoms with Crippen molar-refractivity contribution in [3.63, 3.8) is 0 Å². The zero-order valence-electron chi connectivity index (χ0n) is 23.5. The first-order valence-corrected chi connectivity index (χ1v) is 14.9. The number of nitrogens with zero attached hydrogens (tertiary/aromatic N) is 3. The molecule has 0 bridgehead atoms. The fraction of sp³-hybridized carbons (Fsp3) is 0. The van der Waals surface area contributed by atoms with Gasteiger partial charge in [0.15, 0.2) is 5.58 Å². The second kappa shape index (κ2) is 8.76. The van der Waals surface area contributed by atoms with Crippen molar-refractivity contribution < 1.29 is 4.42 Å². The van der Waals surface area contributed by atoms with E-state index in [1.807, 2.05) is 18.2 Å². The average Bonchev–Trinajstić information content (AvgIpc) is 3.65. The molecule has 3 heterocycles. The molecule has 10 rings (SSSR count).